The molecular weight excluding hydrogens is 380 g/mol. The molecule has 4 fully saturated rings. The van der Waals surface area contributed by atoms with Gasteiger partial charge < -0.3 is 9.67 Å². The van der Waals surface area contributed by atoms with Crippen LogP contribution in [0.3, 0.4) is 0 Å². The summed E-state index contributed by atoms with van der Waals surface area (Å²) in [5.41, 5.74) is -0.236. The van der Waals surface area contributed by atoms with Crippen molar-refractivity contribution in [2.45, 2.75) is 82.4 Å². The highest BCUT2D eigenvalue weighted by Gasteiger charge is 2.64. The molecule has 0 bridgehead atoms. The number of aryl methyl sites for hydroxylation is 1. The molecule has 160 valence electrons. The minimum atomic E-state index is -0.598. The van der Waals surface area contributed by atoms with E-state index >= 15 is 0 Å². The van der Waals surface area contributed by atoms with Gasteiger partial charge in [0, 0.05) is 43.5 Å². The van der Waals surface area contributed by atoms with Crippen LogP contribution in [0.15, 0.2) is 17.6 Å². The minimum Gasteiger partial charge on any atom is -0.388 e. The third-order valence-corrected chi connectivity index (χ3v) is 11.3. The summed E-state index contributed by atoms with van der Waals surface area (Å²) in [6, 6.07) is 0. The number of carbonyl (C=O) groups excluding carboxylic acids is 1. The summed E-state index contributed by atoms with van der Waals surface area (Å²) >= 11 is 1.72. The number of nitrogens with zero attached hydrogens (tertiary/aromatic N) is 2. The van der Waals surface area contributed by atoms with E-state index in [-0.39, 0.29) is 5.41 Å². The van der Waals surface area contributed by atoms with Gasteiger partial charge in [-0.15, -0.1) is 0 Å². The van der Waals surface area contributed by atoms with Gasteiger partial charge in [0.15, 0.2) is 5.16 Å². The van der Waals surface area contributed by atoms with E-state index in [0.29, 0.717) is 23.0 Å². The summed E-state index contributed by atoms with van der Waals surface area (Å²) in [5, 5.41) is 12.9. The number of Topliss-reactive ketones (excluding diaryl/α,β-unsaturated/α-hetero) is 1. The Hall–Kier alpha value is -0.810. The molecule has 5 rings (SSSR count). The molecular formula is C24H36N2O2S. The van der Waals surface area contributed by atoms with E-state index in [4.69, 9.17) is 0 Å². The molecule has 4 aliphatic rings. The van der Waals surface area contributed by atoms with Crippen LogP contribution >= 0.6 is 11.8 Å². The first-order chi connectivity index (χ1) is 13.8. The molecule has 1 N–H and O–H groups in total. The second-order valence-electron chi connectivity index (χ2n) is 11.0. The highest BCUT2D eigenvalue weighted by molar-refractivity contribution is 7.99. The zero-order valence-corrected chi connectivity index (χ0v) is 19.0. The number of fused-ring (bicyclic) bond motifs is 5. The Kier molecular flexibility index (Phi) is 4.75. The van der Waals surface area contributed by atoms with E-state index in [9.17, 15) is 9.90 Å². The maximum Gasteiger partial charge on any atom is 0.167 e. The number of rotatable bonds is 3. The molecule has 0 aliphatic heterocycles. The normalized spacial score (nSPS) is 46.8. The lowest BCUT2D eigenvalue weighted by molar-refractivity contribution is -0.152. The molecule has 5 heteroatoms. The number of aromatic nitrogens is 2. The smallest absolute Gasteiger partial charge is 0.167 e. The van der Waals surface area contributed by atoms with Gasteiger partial charge >= 0.3 is 0 Å². The SMILES string of the molecule is Cn1ccnc1SC[C@]1(O)CC[C@@H]2[C@@H]3CC[C@@H]4CC(=O)CC[C@]4(C)[C@@H]3CC[C@@]21C. The van der Waals surface area contributed by atoms with Crippen molar-refractivity contribution in [2.24, 2.45) is 41.5 Å². The molecule has 0 aromatic carbocycles. The van der Waals surface area contributed by atoms with Crippen LogP contribution < -0.4 is 0 Å². The van der Waals surface area contributed by atoms with Crippen LogP contribution in [0.1, 0.15) is 71.6 Å². The summed E-state index contributed by atoms with van der Waals surface area (Å²) in [6.07, 6.45) is 13.5. The van der Waals surface area contributed by atoms with Crippen molar-refractivity contribution in [2.75, 3.05) is 5.75 Å². The Morgan fingerprint density at radius 1 is 1.17 bits per heavy atom. The first kappa shape index (κ1) is 20.1. The Bertz CT molecular complexity index is 809. The fourth-order valence-electron chi connectivity index (χ4n) is 8.07. The van der Waals surface area contributed by atoms with Crippen molar-refractivity contribution < 1.29 is 9.90 Å². The van der Waals surface area contributed by atoms with Crippen LogP contribution in [0, 0.1) is 34.5 Å². The Morgan fingerprint density at radius 3 is 2.72 bits per heavy atom. The van der Waals surface area contributed by atoms with Crippen molar-refractivity contribution >= 4 is 17.5 Å². The highest BCUT2D eigenvalue weighted by Crippen LogP contribution is 2.68. The van der Waals surface area contributed by atoms with Crippen LogP contribution in [0.4, 0.5) is 0 Å². The first-order valence-corrected chi connectivity index (χ1v) is 12.6. The molecule has 0 saturated heterocycles. The topological polar surface area (TPSA) is 55.1 Å². The minimum absolute atomic E-state index is 0.0139. The van der Waals surface area contributed by atoms with Crippen LogP contribution in [-0.4, -0.2) is 31.8 Å². The quantitative estimate of drug-likeness (QED) is 0.715. The van der Waals surface area contributed by atoms with Gasteiger partial charge in [0.1, 0.15) is 5.78 Å². The van der Waals surface area contributed by atoms with E-state index < -0.39 is 5.60 Å². The number of hydrogen-bond donors (Lipinski definition) is 1. The summed E-state index contributed by atoms with van der Waals surface area (Å²) in [5.74, 6) is 3.95. The van der Waals surface area contributed by atoms with Gasteiger partial charge in [-0.3, -0.25) is 4.79 Å². The summed E-state index contributed by atoms with van der Waals surface area (Å²) in [4.78, 5) is 16.5. The Balaban J connectivity index is 1.36. The number of carbonyl (C=O) groups is 1. The maximum atomic E-state index is 12.1. The van der Waals surface area contributed by atoms with E-state index in [1.165, 1.54) is 19.3 Å². The lowest BCUT2D eigenvalue weighted by Gasteiger charge is -2.61. The van der Waals surface area contributed by atoms with Gasteiger partial charge in [0.2, 0.25) is 0 Å². The van der Waals surface area contributed by atoms with E-state index in [0.717, 1.165) is 61.3 Å². The molecule has 0 amide bonds. The third kappa shape index (κ3) is 2.90. The molecule has 0 radical (unpaired) electrons. The van der Waals surface area contributed by atoms with Crippen LogP contribution in [0.25, 0.3) is 0 Å². The number of hydrogen-bond acceptors (Lipinski definition) is 4. The van der Waals surface area contributed by atoms with Crippen molar-refractivity contribution in [3.05, 3.63) is 12.4 Å². The zero-order chi connectivity index (χ0) is 20.4. The molecule has 7 atom stereocenters. The maximum absolute atomic E-state index is 12.1. The van der Waals surface area contributed by atoms with Gasteiger partial charge in [-0.1, -0.05) is 25.6 Å². The number of imidazole rings is 1. The van der Waals surface area contributed by atoms with Gasteiger partial charge in [-0.05, 0) is 74.0 Å². The van der Waals surface area contributed by atoms with Crippen LogP contribution in [0.5, 0.6) is 0 Å². The Morgan fingerprint density at radius 2 is 1.97 bits per heavy atom. The summed E-state index contributed by atoms with van der Waals surface area (Å²) in [7, 11) is 2.03. The molecule has 1 aromatic rings. The zero-order valence-electron chi connectivity index (χ0n) is 18.2. The summed E-state index contributed by atoms with van der Waals surface area (Å²) in [6.45, 7) is 4.89. The second-order valence-corrected chi connectivity index (χ2v) is 12.0. The number of aliphatic hydroxyl groups is 1. The molecule has 4 nitrogen and oxygen atoms in total. The lowest BCUT2D eigenvalue weighted by atomic mass is 9.44. The first-order valence-electron chi connectivity index (χ1n) is 11.6. The largest absolute Gasteiger partial charge is 0.388 e. The predicted molar refractivity (Wildman–Crippen MR) is 116 cm³/mol. The molecule has 4 aliphatic carbocycles. The monoisotopic (exact) mass is 416 g/mol. The van der Waals surface area contributed by atoms with Crippen LogP contribution in [-0.2, 0) is 11.8 Å². The fourth-order valence-corrected chi connectivity index (χ4v) is 9.31. The molecule has 1 heterocycles. The molecule has 0 spiro atoms. The van der Waals surface area contributed by atoms with Gasteiger partial charge in [-0.25, -0.2) is 4.98 Å². The van der Waals surface area contributed by atoms with Crippen LogP contribution in [0.2, 0.25) is 0 Å². The van der Waals surface area contributed by atoms with Crippen molar-refractivity contribution in [3.63, 3.8) is 0 Å². The van der Waals surface area contributed by atoms with Gasteiger partial charge in [-0.2, -0.15) is 0 Å². The molecule has 4 saturated carbocycles. The van der Waals surface area contributed by atoms with Crippen molar-refractivity contribution in [1.82, 2.24) is 9.55 Å². The summed E-state index contributed by atoms with van der Waals surface area (Å²) < 4.78 is 2.05. The fraction of sp³-hybridized carbons (Fsp3) is 0.833. The number of ketones is 1. The van der Waals surface area contributed by atoms with E-state index in [1.807, 2.05) is 24.0 Å². The Labute approximate surface area is 179 Å². The average molecular weight is 417 g/mol. The van der Waals surface area contributed by atoms with Gasteiger partial charge in [0.05, 0.1) is 5.60 Å². The van der Waals surface area contributed by atoms with Crippen molar-refractivity contribution in [3.8, 4) is 0 Å². The highest BCUT2D eigenvalue weighted by atomic mass is 32.2. The van der Waals surface area contributed by atoms with Gasteiger partial charge in [0.25, 0.3) is 0 Å². The standard InChI is InChI=1S/C24H36N2O2S/c1-22-9-6-17(27)14-16(22)4-5-18-19(22)7-10-23(2)20(18)8-11-24(23,28)15-29-21-25-12-13-26(21)3/h12-13,16,18-20,28H,4-11,14-15H2,1-3H3/t16-,18-,19-,20-,22+,23+,24-/m1/s1. The van der Waals surface area contributed by atoms with E-state index in [1.54, 1.807) is 11.8 Å². The molecule has 1 aromatic heterocycles. The third-order valence-electron chi connectivity index (χ3n) is 10.0. The predicted octanol–water partition coefficient (Wildman–Crippen LogP) is 4.86. The lowest BCUT2D eigenvalue weighted by Crippen LogP contribution is -2.57. The second kappa shape index (κ2) is 6.85. The van der Waals surface area contributed by atoms with E-state index in [2.05, 4.69) is 18.8 Å². The van der Waals surface area contributed by atoms with Crippen molar-refractivity contribution in [1.29, 1.82) is 0 Å². The average Bonchev–Trinajstić information content (AvgIpc) is 3.22. The molecule has 29 heavy (non-hydrogen) atoms. The molecule has 0 unspecified atom stereocenters. The number of thioether (sulfide) groups is 1.